The molecule has 0 radical (unpaired) electrons. The van der Waals surface area contributed by atoms with Crippen LogP contribution >= 0.6 is 11.6 Å². The normalized spacial score (nSPS) is 16.7. The summed E-state index contributed by atoms with van der Waals surface area (Å²) in [5.74, 6) is -0.406. The molecule has 0 bridgehead atoms. The van der Waals surface area contributed by atoms with Gasteiger partial charge in [-0.2, -0.15) is 0 Å². The summed E-state index contributed by atoms with van der Waals surface area (Å²) in [4.78, 5) is 27.8. The monoisotopic (exact) mass is 434 g/mol. The summed E-state index contributed by atoms with van der Waals surface area (Å²) in [7, 11) is 0. The second kappa shape index (κ2) is 9.21. The Hall–Kier alpha value is -3.00. The fraction of sp³-hybridized carbons (Fsp3) is 0.333. The molecule has 1 aliphatic heterocycles. The molecule has 1 aliphatic rings. The lowest BCUT2D eigenvalue weighted by molar-refractivity contribution is 0.108. The number of rotatable bonds is 7. The van der Waals surface area contributed by atoms with E-state index >= 15 is 0 Å². The van der Waals surface area contributed by atoms with E-state index in [0.717, 1.165) is 10.5 Å². The molecule has 1 atom stereocenters. The van der Waals surface area contributed by atoms with E-state index in [1.807, 2.05) is 13.8 Å². The van der Waals surface area contributed by atoms with Gasteiger partial charge in [0.1, 0.15) is 0 Å². The molecule has 9 heteroatoms. The van der Waals surface area contributed by atoms with Gasteiger partial charge in [-0.3, -0.25) is 10.2 Å². The molecule has 0 saturated carbocycles. The number of ether oxygens (including phenoxy) is 1. The predicted molar refractivity (Wildman–Crippen MR) is 113 cm³/mol. The van der Waals surface area contributed by atoms with Crippen LogP contribution in [0.15, 0.2) is 42.5 Å². The number of nitrogens with one attached hydrogen (secondary N) is 2. The van der Waals surface area contributed by atoms with E-state index in [1.165, 1.54) is 17.0 Å². The average Bonchev–Trinajstić information content (AvgIpc) is 2.68. The maximum atomic E-state index is 14.4. The van der Waals surface area contributed by atoms with Crippen LogP contribution in [0.4, 0.5) is 19.7 Å². The molecule has 4 amide bonds. The molecule has 160 valence electrons. The van der Waals surface area contributed by atoms with Gasteiger partial charge in [0, 0.05) is 23.3 Å². The van der Waals surface area contributed by atoms with Crippen LogP contribution in [0.3, 0.4) is 0 Å². The molecule has 0 aliphatic carbocycles. The minimum atomic E-state index is -0.861. The molecule has 7 nitrogen and oxygen atoms in total. The van der Waals surface area contributed by atoms with Gasteiger partial charge >= 0.3 is 12.1 Å². The molecule has 3 rings (SSSR count). The Labute approximate surface area is 179 Å². The summed E-state index contributed by atoms with van der Waals surface area (Å²) in [6.07, 6.45) is -1.02. The number of hydrogen-bond donors (Lipinski definition) is 2. The molecule has 30 heavy (non-hydrogen) atoms. The van der Waals surface area contributed by atoms with Crippen molar-refractivity contribution in [3.8, 4) is 5.75 Å². The Balaban J connectivity index is 1.84. The highest BCUT2D eigenvalue weighted by Crippen LogP contribution is 2.24. The van der Waals surface area contributed by atoms with Crippen LogP contribution in [0, 0.1) is 5.82 Å². The molecule has 2 aromatic carbocycles. The van der Waals surface area contributed by atoms with Gasteiger partial charge in [-0.05, 0) is 50.6 Å². The molecule has 2 aromatic rings. The average molecular weight is 435 g/mol. The van der Waals surface area contributed by atoms with Crippen LogP contribution in [0.5, 0.6) is 5.75 Å². The zero-order valence-corrected chi connectivity index (χ0v) is 17.7. The van der Waals surface area contributed by atoms with Gasteiger partial charge in [-0.1, -0.05) is 23.7 Å². The number of benzene rings is 2. The highest BCUT2D eigenvalue weighted by atomic mass is 35.5. The van der Waals surface area contributed by atoms with Crippen LogP contribution in [-0.2, 0) is 6.54 Å². The largest absolute Gasteiger partial charge is 0.488 e. The highest BCUT2D eigenvalue weighted by molar-refractivity contribution is 6.30. The number of amides is 4. The van der Waals surface area contributed by atoms with Gasteiger partial charge < -0.3 is 10.1 Å². The van der Waals surface area contributed by atoms with E-state index in [2.05, 4.69) is 10.6 Å². The van der Waals surface area contributed by atoms with E-state index in [-0.39, 0.29) is 24.9 Å². The van der Waals surface area contributed by atoms with Gasteiger partial charge in [-0.25, -0.2) is 18.9 Å². The van der Waals surface area contributed by atoms with E-state index in [9.17, 15) is 14.0 Å². The lowest BCUT2D eigenvalue weighted by atomic mass is 10.2. The summed E-state index contributed by atoms with van der Waals surface area (Å²) >= 11 is 5.94. The third-order valence-electron chi connectivity index (χ3n) is 4.47. The zero-order valence-electron chi connectivity index (χ0n) is 17.0. The third kappa shape index (κ3) is 4.94. The van der Waals surface area contributed by atoms with Crippen molar-refractivity contribution in [2.24, 2.45) is 0 Å². The number of urea groups is 2. The molecule has 1 fully saturated rings. The van der Waals surface area contributed by atoms with Gasteiger partial charge in [-0.15, -0.1) is 0 Å². The fourth-order valence-corrected chi connectivity index (χ4v) is 3.19. The Morgan fingerprint density at radius 3 is 2.50 bits per heavy atom. The number of nitrogens with zero attached hydrogens (tertiary/aromatic N) is 2. The number of hydrogen-bond acceptors (Lipinski definition) is 4. The van der Waals surface area contributed by atoms with Crippen LogP contribution in [-0.4, -0.2) is 40.8 Å². The second-order valence-electron chi connectivity index (χ2n) is 7.09. The number of carbonyl (C=O) groups is 2. The number of carbonyl (C=O) groups excluding carboxylic acids is 2. The summed E-state index contributed by atoms with van der Waals surface area (Å²) in [6, 6.07) is 10.5. The van der Waals surface area contributed by atoms with Gasteiger partial charge in [0.15, 0.2) is 17.9 Å². The Bertz CT molecular complexity index is 923. The third-order valence-corrected chi connectivity index (χ3v) is 4.73. The van der Waals surface area contributed by atoms with Crippen molar-refractivity contribution in [2.75, 3.05) is 11.9 Å². The number of imide groups is 1. The first-order valence-electron chi connectivity index (χ1n) is 9.64. The quantitative estimate of drug-likeness (QED) is 0.666. The minimum Gasteiger partial charge on any atom is -0.488 e. The maximum Gasteiger partial charge on any atom is 0.331 e. The Morgan fingerprint density at radius 2 is 1.90 bits per heavy atom. The second-order valence-corrected chi connectivity index (χ2v) is 7.53. The molecular weight excluding hydrogens is 411 g/mol. The van der Waals surface area contributed by atoms with E-state index in [0.29, 0.717) is 10.7 Å². The molecule has 1 saturated heterocycles. The first kappa shape index (κ1) is 21.7. The highest BCUT2D eigenvalue weighted by Gasteiger charge is 2.37. The molecule has 2 N–H and O–H groups in total. The van der Waals surface area contributed by atoms with Crippen LogP contribution in [0.1, 0.15) is 26.3 Å². The van der Waals surface area contributed by atoms with Crippen LogP contribution in [0.2, 0.25) is 5.02 Å². The number of anilines is 1. The fourth-order valence-electron chi connectivity index (χ4n) is 3.06. The summed E-state index contributed by atoms with van der Waals surface area (Å²) in [5, 5.41) is 6.34. The smallest absolute Gasteiger partial charge is 0.331 e. The van der Waals surface area contributed by atoms with Crippen LogP contribution in [0.25, 0.3) is 0 Å². The Morgan fingerprint density at radius 1 is 1.20 bits per heavy atom. The van der Waals surface area contributed by atoms with Crippen molar-refractivity contribution in [2.45, 2.75) is 39.7 Å². The summed E-state index contributed by atoms with van der Waals surface area (Å²) in [6.45, 7) is 5.78. The van der Waals surface area contributed by atoms with Gasteiger partial charge in [0.05, 0.1) is 12.6 Å². The van der Waals surface area contributed by atoms with E-state index in [4.69, 9.17) is 16.3 Å². The molecule has 0 spiro atoms. The van der Waals surface area contributed by atoms with Gasteiger partial charge in [0.2, 0.25) is 0 Å². The SMILES string of the molecule is CCN1C(=O)NC(Nc2ccc(OC(C)C)c(F)c2)N(Cc2ccc(Cl)cc2)C1=O. The summed E-state index contributed by atoms with van der Waals surface area (Å²) < 4.78 is 19.8. The maximum absolute atomic E-state index is 14.4. The van der Waals surface area contributed by atoms with Crippen molar-refractivity contribution in [1.29, 1.82) is 0 Å². The molecular formula is C21H24ClFN4O3. The predicted octanol–water partition coefficient (Wildman–Crippen LogP) is 4.63. The van der Waals surface area contributed by atoms with E-state index in [1.54, 1.807) is 37.3 Å². The molecule has 1 unspecified atom stereocenters. The number of halogens is 2. The Kier molecular flexibility index (Phi) is 6.66. The topological polar surface area (TPSA) is 73.9 Å². The minimum absolute atomic E-state index is 0.134. The first-order chi connectivity index (χ1) is 14.3. The van der Waals surface area contributed by atoms with E-state index < -0.39 is 24.2 Å². The lowest BCUT2D eigenvalue weighted by Crippen LogP contribution is -2.66. The summed E-state index contributed by atoms with van der Waals surface area (Å²) in [5.41, 5.74) is 1.23. The lowest BCUT2D eigenvalue weighted by Gasteiger charge is -2.41. The van der Waals surface area contributed by atoms with Crippen molar-refractivity contribution in [3.05, 3.63) is 58.9 Å². The molecule has 0 aromatic heterocycles. The van der Waals surface area contributed by atoms with Crippen molar-refractivity contribution in [3.63, 3.8) is 0 Å². The van der Waals surface area contributed by atoms with Crippen molar-refractivity contribution in [1.82, 2.24) is 15.1 Å². The van der Waals surface area contributed by atoms with Crippen molar-refractivity contribution < 1.29 is 18.7 Å². The zero-order chi connectivity index (χ0) is 21.8. The standard InChI is InChI=1S/C21H24ClFN4O3/c1-4-26-20(28)25-19(24-16-9-10-18(17(23)11-16)30-13(2)3)27(21(26)29)12-14-5-7-15(22)8-6-14/h5-11,13,19,24H,4,12H2,1-3H3,(H,25,28). The van der Waals surface area contributed by atoms with Crippen LogP contribution < -0.4 is 15.4 Å². The van der Waals surface area contributed by atoms with Crippen molar-refractivity contribution >= 4 is 29.4 Å². The molecule has 1 heterocycles. The first-order valence-corrected chi connectivity index (χ1v) is 10.0. The van der Waals surface area contributed by atoms with Gasteiger partial charge in [0.25, 0.3) is 0 Å².